The number of rotatable bonds is 4. The standard InChI is InChI=1S/C16H22N2O2/c1-12-5-3-4-10-18(12)11-16(20)17-15-8-6-14(7-9-15)13(2)19/h6-9,12H,3-5,10-11H2,1-2H3,(H,17,20). The van der Waals surface area contributed by atoms with Crippen LogP contribution in [-0.4, -0.2) is 35.7 Å². The molecule has 1 aliphatic heterocycles. The number of amides is 1. The normalized spacial score (nSPS) is 19.6. The van der Waals surface area contributed by atoms with Gasteiger partial charge in [-0.2, -0.15) is 0 Å². The predicted octanol–water partition coefficient (Wildman–Crippen LogP) is 2.70. The molecule has 1 N–H and O–H groups in total. The van der Waals surface area contributed by atoms with E-state index in [1.54, 1.807) is 24.3 Å². The van der Waals surface area contributed by atoms with E-state index in [0.29, 0.717) is 18.2 Å². The van der Waals surface area contributed by atoms with Crippen molar-refractivity contribution in [2.75, 3.05) is 18.4 Å². The molecule has 0 saturated carbocycles. The van der Waals surface area contributed by atoms with Crippen molar-refractivity contribution in [1.82, 2.24) is 4.90 Å². The number of likely N-dealkylation sites (tertiary alicyclic amines) is 1. The van der Waals surface area contributed by atoms with Crippen LogP contribution in [0, 0.1) is 0 Å². The van der Waals surface area contributed by atoms with Gasteiger partial charge in [-0.3, -0.25) is 14.5 Å². The van der Waals surface area contributed by atoms with Gasteiger partial charge in [-0.1, -0.05) is 6.42 Å². The molecule has 1 atom stereocenters. The van der Waals surface area contributed by atoms with E-state index in [1.807, 2.05) is 0 Å². The number of benzene rings is 1. The molecule has 2 rings (SSSR count). The molecule has 1 aromatic rings. The van der Waals surface area contributed by atoms with Gasteiger partial charge < -0.3 is 5.32 Å². The van der Waals surface area contributed by atoms with Gasteiger partial charge in [0.25, 0.3) is 0 Å². The first-order valence-electron chi connectivity index (χ1n) is 7.21. The van der Waals surface area contributed by atoms with Crippen LogP contribution < -0.4 is 5.32 Å². The van der Waals surface area contributed by atoms with Crippen LogP contribution in [0.4, 0.5) is 5.69 Å². The average molecular weight is 274 g/mol. The molecular formula is C16H22N2O2. The lowest BCUT2D eigenvalue weighted by molar-refractivity contribution is -0.118. The highest BCUT2D eigenvalue weighted by Gasteiger charge is 2.20. The van der Waals surface area contributed by atoms with Crippen molar-refractivity contribution in [1.29, 1.82) is 0 Å². The minimum Gasteiger partial charge on any atom is -0.325 e. The summed E-state index contributed by atoms with van der Waals surface area (Å²) in [6.45, 7) is 5.15. The second kappa shape index (κ2) is 6.66. The summed E-state index contributed by atoms with van der Waals surface area (Å²) in [5.41, 5.74) is 1.40. The van der Waals surface area contributed by atoms with Crippen LogP contribution in [0.2, 0.25) is 0 Å². The van der Waals surface area contributed by atoms with Gasteiger partial charge in [-0.15, -0.1) is 0 Å². The largest absolute Gasteiger partial charge is 0.325 e. The fraction of sp³-hybridized carbons (Fsp3) is 0.500. The number of nitrogens with one attached hydrogen (secondary N) is 1. The monoisotopic (exact) mass is 274 g/mol. The zero-order valence-electron chi connectivity index (χ0n) is 12.2. The van der Waals surface area contributed by atoms with E-state index in [9.17, 15) is 9.59 Å². The van der Waals surface area contributed by atoms with Crippen molar-refractivity contribution >= 4 is 17.4 Å². The minimum atomic E-state index is 0.00863. The van der Waals surface area contributed by atoms with Gasteiger partial charge in [-0.25, -0.2) is 0 Å². The maximum Gasteiger partial charge on any atom is 0.238 e. The van der Waals surface area contributed by atoms with Crippen LogP contribution in [0.3, 0.4) is 0 Å². The third kappa shape index (κ3) is 3.90. The van der Waals surface area contributed by atoms with E-state index in [2.05, 4.69) is 17.1 Å². The summed E-state index contributed by atoms with van der Waals surface area (Å²) in [6, 6.07) is 7.50. The van der Waals surface area contributed by atoms with Crippen molar-refractivity contribution in [3.63, 3.8) is 0 Å². The molecule has 4 heteroatoms. The molecule has 0 bridgehead atoms. The Kier molecular flexibility index (Phi) is 4.90. The fourth-order valence-electron chi connectivity index (χ4n) is 2.57. The zero-order chi connectivity index (χ0) is 14.5. The van der Waals surface area contributed by atoms with Crippen molar-refractivity contribution in [3.05, 3.63) is 29.8 Å². The second-order valence-corrected chi connectivity index (χ2v) is 5.50. The first kappa shape index (κ1) is 14.7. The van der Waals surface area contributed by atoms with Crippen molar-refractivity contribution in [2.24, 2.45) is 0 Å². The number of carbonyl (C=O) groups is 2. The van der Waals surface area contributed by atoms with E-state index in [0.717, 1.165) is 12.2 Å². The molecule has 4 nitrogen and oxygen atoms in total. The Labute approximate surface area is 120 Å². The third-order valence-corrected chi connectivity index (χ3v) is 3.86. The third-order valence-electron chi connectivity index (χ3n) is 3.86. The van der Waals surface area contributed by atoms with E-state index >= 15 is 0 Å². The summed E-state index contributed by atoms with van der Waals surface area (Å²) in [7, 11) is 0. The van der Waals surface area contributed by atoms with Crippen molar-refractivity contribution in [3.8, 4) is 0 Å². The summed E-state index contributed by atoms with van der Waals surface area (Å²) in [4.78, 5) is 25.4. The lowest BCUT2D eigenvalue weighted by Crippen LogP contribution is -2.42. The Morgan fingerprint density at radius 1 is 1.25 bits per heavy atom. The molecule has 0 spiro atoms. The SMILES string of the molecule is CC(=O)c1ccc(NC(=O)CN2CCCCC2C)cc1. The number of carbonyl (C=O) groups excluding carboxylic acids is 2. The molecule has 20 heavy (non-hydrogen) atoms. The summed E-state index contributed by atoms with van der Waals surface area (Å²) in [5.74, 6) is 0.0411. The van der Waals surface area contributed by atoms with E-state index in [-0.39, 0.29) is 11.7 Å². The molecule has 1 heterocycles. The van der Waals surface area contributed by atoms with E-state index in [1.165, 1.54) is 26.2 Å². The second-order valence-electron chi connectivity index (χ2n) is 5.50. The number of anilines is 1. The van der Waals surface area contributed by atoms with Gasteiger partial charge in [0.1, 0.15) is 0 Å². The molecule has 1 unspecified atom stereocenters. The van der Waals surface area contributed by atoms with Crippen LogP contribution >= 0.6 is 0 Å². The maximum absolute atomic E-state index is 12.0. The molecule has 1 aromatic carbocycles. The summed E-state index contributed by atoms with van der Waals surface area (Å²) >= 11 is 0. The number of piperidine rings is 1. The topological polar surface area (TPSA) is 49.4 Å². The molecule has 0 radical (unpaired) electrons. The summed E-state index contributed by atoms with van der Waals surface area (Å²) in [5, 5.41) is 2.88. The molecule has 0 aromatic heterocycles. The van der Waals surface area contributed by atoms with Crippen LogP contribution in [0.25, 0.3) is 0 Å². The first-order chi connectivity index (χ1) is 9.56. The van der Waals surface area contributed by atoms with Gasteiger partial charge >= 0.3 is 0 Å². The number of nitrogens with zero attached hydrogens (tertiary/aromatic N) is 1. The maximum atomic E-state index is 12.0. The van der Waals surface area contributed by atoms with Crippen LogP contribution in [-0.2, 0) is 4.79 Å². The molecule has 1 aliphatic rings. The van der Waals surface area contributed by atoms with Crippen molar-refractivity contribution in [2.45, 2.75) is 39.2 Å². The molecule has 1 amide bonds. The van der Waals surface area contributed by atoms with E-state index in [4.69, 9.17) is 0 Å². The highest BCUT2D eigenvalue weighted by molar-refractivity contribution is 5.96. The number of Topliss-reactive ketones (excluding diaryl/α,β-unsaturated/α-hetero) is 1. The number of ketones is 1. The number of hydrogen-bond acceptors (Lipinski definition) is 3. The van der Waals surface area contributed by atoms with Gasteiger partial charge in [-0.05, 0) is 57.5 Å². The molecule has 1 saturated heterocycles. The Morgan fingerprint density at radius 2 is 1.95 bits per heavy atom. The highest BCUT2D eigenvalue weighted by Crippen LogP contribution is 2.16. The smallest absolute Gasteiger partial charge is 0.238 e. The van der Waals surface area contributed by atoms with E-state index < -0.39 is 0 Å². The zero-order valence-corrected chi connectivity index (χ0v) is 12.2. The lowest BCUT2D eigenvalue weighted by atomic mass is 10.0. The molecular weight excluding hydrogens is 252 g/mol. The predicted molar refractivity (Wildman–Crippen MR) is 80.0 cm³/mol. The molecule has 1 fully saturated rings. The summed E-state index contributed by atoms with van der Waals surface area (Å²) in [6.07, 6.45) is 3.59. The first-order valence-corrected chi connectivity index (χ1v) is 7.21. The van der Waals surface area contributed by atoms with Crippen molar-refractivity contribution < 1.29 is 9.59 Å². The van der Waals surface area contributed by atoms with Crippen LogP contribution in [0.5, 0.6) is 0 Å². The van der Waals surface area contributed by atoms with Gasteiger partial charge in [0.2, 0.25) is 5.91 Å². The fourth-order valence-corrected chi connectivity index (χ4v) is 2.57. The Morgan fingerprint density at radius 3 is 2.55 bits per heavy atom. The summed E-state index contributed by atoms with van der Waals surface area (Å²) < 4.78 is 0. The number of hydrogen-bond donors (Lipinski definition) is 1. The Hall–Kier alpha value is -1.68. The van der Waals surface area contributed by atoms with Gasteiger partial charge in [0.05, 0.1) is 6.54 Å². The van der Waals surface area contributed by atoms with Gasteiger partial charge in [0, 0.05) is 17.3 Å². The Balaban J connectivity index is 1.89. The quantitative estimate of drug-likeness (QED) is 0.859. The highest BCUT2D eigenvalue weighted by atomic mass is 16.2. The Bertz CT molecular complexity index is 482. The lowest BCUT2D eigenvalue weighted by Gasteiger charge is -2.32. The minimum absolute atomic E-state index is 0.00863. The average Bonchev–Trinajstić information content (AvgIpc) is 2.42. The van der Waals surface area contributed by atoms with Gasteiger partial charge in [0.15, 0.2) is 5.78 Å². The molecule has 108 valence electrons. The molecule has 0 aliphatic carbocycles. The van der Waals surface area contributed by atoms with Crippen LogP contribution in [0.1, 0.15) is 43.5 Å². The van der Waals surface area contributed by atoms with Crippen LogP contribution in [0.15, 0.2) is 24.3 Å².